The van der Waals surface area contributed by atoms with Crippen molar-refractivity contribution in [3.8, 4) is 0 Å². The molecular weight excluding hydrogens is 302 g/mol. The first kappa shape index (κ1) is 16.0. The summed E-state index contributed by atoms with van der Waals surface area (Å²) in [6.07, 6.45) is 1.53. The van der Waals surface area contributed by atoms with Crippen molar-refractivity contribution in [1.29, 1.82) is 0 Å². The Bertz CT molecular complexity index is 625. The quantitative estimate of drug-likeness (QED) is 0.606. The van der Waals surface area contributed by atoms with Crippen LogP contribution in [0.2, 0.25) is 0 Å². The smallest absolute Gasteiger partial charge is 0.210 e. The summed E-state index contributed by atoms with van der Waals surface area (Å²) < 4.78 is 0.936. The Balaban J connectivity index is 1.91. The number of Topliss-reactive ketones (excluding diaryl/α,β-unsaturated/α-hetero) is 1. The fraction of sp³-hybridized carbons (Fsp3) is 0.400. The molecule has 1 heterocycles. The number of ketones is 1. The van der Waals surface area contributed by atoms with E-state index < -0.39 is 0 Å². The number of nitrogens with zero attached hydrogens (tertiary/aromatic N) is 2. The standard InChI is InChI=1S/C15H19N3OS2/c1-10-6-4-8-13(12(10)3)16-14-17-18-15(21-14)20-9-5-7-11(2)19/h4,6,8H,5,7,9H2,1-3H3,(H,16,17). The van der Waals surface area contributed by atoms with Crippen LogP contribution in [0.4, 0.5) is 10.8 Å². The number of aryl methyl sites for hydroxylation is 1. The molecule has 1 aromatic heterocycles. The third-order valence-corrected chi connectivity index (χ3v) is 5.21. The molecule has 2 rings (SSSR count). The zero-order chi connectivity index (χ0) is 15.2. The van der Waals surface area contributed by atoms with Gasteiger partial charge in [-0.15, -0.1) is 10.2 Å². The molecule has 2 aromatic rings. The van der Waals surface area contributed by atoms with E-state index in [4.69, 9.17) is 0 Å². The van der Waals surface area contributed by atoms with Gasteiger partial charge in [0.2, 0.25) is 5.13 Å². The number of carbonyl (C=O) groups excluding carboxylic acids is 1. The summed E-state index contributed by atoms with van der Waals surface area (Å²) in [5, 5.41) is 12.5. The molecule has 6 heteroatoms. The van der Waals surface area contributed by atoms with Crippen LogP contribution in [-0.2, 0) is 4.79 Å². The molecule has 0 saturated carbocycles. The van der Waals surface area contributed by atoms with Crippen molar-refractivity contribution in [3.63, 3.8) is 0 Å². The second-order valence-corrected chi connectivity index (χ2v) is 7.22. The molecule has 0 aliphatic carbocycles. The van der Waals surface area contributed by atoms with Crippen molar-refractivity contribution in [2.75, 3.05) is 11.1 Å². The maximum atomic E-state index is 10.9. The molecule has 1 aromatic carbocycles. The number of hydrogen-bond acceptors (Lipinski definition) is 6. The highest BCUT2D eigenvalue weighted by Gasteiger charge is 2.07. The summed E-state index contributed by atoms with van der Waals surface area (Å²) in [5.41, 5.74) is 3.55. The number of aromatic nitrogens is 2. The van der Waals surface area contributed by atoms with Crippen molar-refractivity contribution in [3.05, 3.63) is 29.3 Å². The van der Waals surface area contributed by atoms with E-state index in [1.54, 1.807) is 30.0 Å². The molecule has 1 N–H and O–H groups in total. The van der Waals surface area contributed by atoms with Crippen molar-refractivity contribution in [2.45, 2.75) is 38.0 Å². The molecule has 4 nitrogen and oxygen atoms in total. The summed E-state index contributed by atoms with van der Waals surface area (Å²) in [7, 11) is 0. The molecule has 0 bridgehead atoms. The molecule has 0 unspecified atom stereocenters. The first-order valence-electron chi connectivity index (χ1n) is 6.85. The van der Waals surface area contributed by atoms with Crippen LogP contribution >= 0.6 is 23.1 Å². The number of hydrogen-bond donors (Lipinski definition) is 1. The number of carbonyl (C=O) groups is 1. The van der Waals surface area contributed by atoms with E-state index in [0.717, 1.165) is 27.3 Å². The Morgan fingerprint density at radius 3 is 2.90 bits per heavy atom. The number of anilines is 2. The third-order valence-electron chi connectivity index (χ3n) is 3.15. The molecule has 21 heavy (non-hydrogen) atoms. The number of thioether (sulfide) groups is 1. The molecule has 0 radical (unpaired) electrons. The van der Waals surface area contributed by atoms with E-state index in [1.807, 2.05) is 12.1 Å². The Hall–Kier alpha value is -1.40. The Morgan fingerprint density at radius 2 is 2.14 bits per heavy atom. The lowest BCUT2D eigenvalue weighted by Gasteiger charge is -2.08. The maximum absolute atomic E-state index is 10.9. The summed E-state index contributed by atoms with van der Waals surface area (Å²) in [6.45, 7) is 5.81. The van der Waals surface area contributed by atoms with E-state index in [2.05, 4.69) is 35.4 Å². The fourth-order valence-electron chi connectivity index (χ4n) is 1.80. The third kappa shape index (κ3) is 4.82. The van der Waals surface area contributed by atoms with Gasteiger partial charge in [-0.2, -0.15) is 0 Å². The Kier molecular flexibility index (Phi) is 5.76. The van der Waals surface area contributed by atoms with E-state index >= 15 is 0 Å². The minimum absolute atomic E-state index is 0.241. The van der Waals surface area contributed by atoms with Gasteiger partial charge in [0.1, 0.15) is 5.78 Å². The van der Waals surface area contributed by atoms with Crippen molar-refractivity contribution < 1.29 is 4.79 Å². The highest BCUT2D eigenvalue weighted by atomic mass is 32.2. The van der Waals surface area contributed by atoms with Gasteiger partial charge in [0, 0.05) is 17.9 Å². The molecule has 0 atom stereocenters. The van der Waals surface area contributed by atoms with E-state index in [-0.39, 0.29) is 5.78 Å². The summed E-state index contributed by atoms with van der Waals surface area (Å²) in [4.78, 5) is 10.9. The molecule has 0 amide bonds. The SMILES string of the molecule is CC(=O)CCCSc1nnc(Nc2cccc(C)c2C)s1. The second kappa shape index (κ2) is 7.56. The fourth-order valence-corrected chi connectivity index (χ4v) is 3.57. The van der Waals surface area contributed by atoms with Crippen molar-refractivity contribution >= 4 is 39.7 Å². The summed E-state index contributed by atoms with van der Waals surface area (Å²) >= 11 is 3.20. The molecule has 0 aliphatic rings. The molecular formula is C15H19N3OS2. The largest absolute Gasteiger partial charge is 0.330 e. The number of benzene rings is 1. The van der Waals surface area contributed by atoms with Gasteiger partial charge in [0.05, 0.1) is 0 Å². The van der Waals surface area contributed by atoms with Crippen molar-refractivity contribution in [2.24, 2.45) is 0 Å². The van der Waals surface area contributed by atoms with Gasteiger partial charge in [-0.1, -0.05) is 35.2 Å². The average Bonchev–Trinajstić information content (AvgIpc) is 2.87. The van der Waals surface area contributed by atoms with E-state index in [9.17, 15) is 4.79 Å². The minimum Gasteiger partial charge on any atom is -0.330 e. The summed E-state index contributed by atoms with van der Waals surface area (Å²) in [6, 6.07) is 6.17. The van der Waals surface area contributed by atoms with E-state index in [1.165, 1.54) is 11.1 Å². The van der Waals surface area contributed by atoms with Crippen LogP contribution in [0.15, 0.2) is 22.5 Å². The Labute approximate surface area is 133 Å². The van der Waals surface area contributed by atoms with Gasteiger partial charge in [-0.05, 0) is 44.4 Å². The molecule has 0 saturated heterocycles. The van der Waals surface area contributed by atoms with E-state index in [0.29, 0.717) is 6.42 Å². The highest BCUT2D eigenvalue weighted by Crippen LogP contribution is 2.29. The van der Waals surface area contributed by atoms with Gasteiger partial charge >= 0.3 is 0 Å². The molecule has 0 fully saturated rings. The molecule has 0 spiro atoms. The van der Waals surface area contributed by atoms with Crippen LogP contribution in [0.3, 0.4) is 0 Å². The summed E-state index contributed by atoms with van der Waals surface area (Å²) in [5.74, 6) is 1.14. The van der Waals surface area contributed by atoms with Gasteiger partial charge in [-0.25, -0.2) is 0 Å². The first-order chi connectivity index (χ1) is 10.1. The van der Waals surface area contributed by atoms with Crippen LogP contribution in [0, 0.1) is 13.8 Å². The van der Waals surface area contributed by atoms with Gasteiger partial charge in [-0.3, -0.25) is 0 Å². The Morgan fingerprint density at radius 1 is 1.33 bits per heavy atom. The van der Waals surface area contributed by atoms with Crippen LogP contribution < -0.4 is 5.32 Å². The normalized spacial score (nSPS) is 10.6. The molecule has 112 valence electrons. The second-order valence-electron chi connectivity index (χ2n) is 4.90. The van der Waals surface area contributed by atoms with Gasteiger partial charge in [0.25, 0.3) is 0 Å². The lowest BCUT2D eigenvalue weighted by atomic mass is 10.1. The molecule has 0 aliphatic heterocycles. The van der Waals surface area contributed by atoms with Gasteiger partial charge < -0.3 is 10.1 Å². The van der Waals surface area contributed by atoms with Crippen LogP contribution in [0.1, 0.15) is 30.9 Å². The maximum Gasteiger partial charge on any atom is 0.210 e. The lowest BCUT2D eigenvalue weighted by Crippen LogP contribution is -1.94. The zero-order valence-corrected chi connectivity index (χ0v) is 14.1. The van der Waals surface area contributed by atoms with Crippen LogP contribution in [-0.4, -0.2) is 21.7 Å². The zero-order valence-electron chi connectivity index (χ0n) is 12.5. The minimum atomic E-state index is 0.241. The average molecular weight is 321 g/mol. The van der Waals surface area contributed by atoms with Crippen molar-refractivity contribution in [1.82, 2.24) is 10.2 Å². The predicted molar refractivity (Wildman–Crippen MR) is 89.7 cm³/mol. The topological polar surface area (TPSA) is 54.9 Å². The number of nitrogens with one attached hydrogen (secondary N) is 1. The first-order valence-corrected chi connectivity index (χ1v) is 8.65. The van der Waals surface area contributed by atoms with Crippen LogP contribution in [0.5, 0.6) is 0 Å². The lowest BCUT2D eigenvalue weighted by molar-refractivity contribution is -0.117. The van der Waals surface area contributed by atoms with Gasteiger partial charge in [0.15, 0.2) is 4.34 Å². The van der Waals surface area contributed by atoms with Crippen LogP contribution in [0.25, 0.3) is 0 Å². The highest BCUT2D eigenvalue weighted by molar-refractivity contribution is 8.01. The predicted octanol–water partition coefficient (Wildman–Crippen LogP) is 4.36. The monoisotopic (exact) mass is 321 g/mol. The number of rotatable bonds is 7.